The highest BCUT2D eigenvalue weighted by Gasteiger charge is 2.23. The lowest BCUT2D eigenvalue weighted by atomic mass is 10.2. The molecule has 0 aliphatic heterocycles. The van der Waals surface area contributed by atoms with E-state index in [4.69, 9.17) is 14.2 Å². The molecule has 30 heavy (non-hydrogen) atoms. The van der Waals surface area contributed by atoms with Gasteiger partial charge in [0.25, 0.3) is 5.56 Å². The van der Waals surface area contributed by atoms with Gasteiger partial charge in [-0.05, 0) is 18.2 Å². The molecule has 0 bridgehead atoms. The molecule has 0 amide bonds. The Bertz CT molecular complexity index is 1160. The Balaban J connectivity index is 2.40. The summed E-state index contributed by atoms with van der Waals surface area (Å²) < 4.78 is 36.4. The maximum Gasteiger partial charge on any atom is 0.316 e. The lowest BCUT2D eigenvalue weighted by molar-refractivity contribution is -0.137. The van der Waals surface area contributed by atoms with E-state index in [0.717, 1.165) is 16.3 Å². The fraction of sp³-hybridized carbons (Fsp3) is 0.250. The molecule has 1 heterocycles. The van der Waals surface area contributed by atoms with Crippen LogP contribution in [0.5, 0.6) is 17.2 Å². The van der Waals surface area contributed by atoms with Crippen molar-refractivity contribution in [2.24, 2.45) is 0 Å². The number of para-hydroxylation sites is 1. The zero-order valence-electron chi connectivity index (χ0n) is 16.7. The van der Waals surface area contributed by atoms with Gasteiger partial charge in [-0.25, -0.2) is 9.37 Å². The summed E-state index contributed by atoms with van der Waals surface area (Å²) in [6.45, 7) is 0. The molecule has 0 fully saturated rings. The summed E-state index contributed by atoms with van der Waals surface area (Å²) in [5.41, 5.74) is -0.366. The smallest absolute Gasteiger partial charge is 0.316 e. The van der Waals surface area contributed by atoms with Gasteiger partial charge >= 0.3 is 5.97 Å². The minimum absolute atomic E-state index is 0.00184. The van der Waals surface area contributed by atoms with Crippen molar-refractivity contribution in [1.29, 1.82) is 0 Å². The van der Waals surface area contributed by atoms with Crippen LogP contribution in [0.1, 0.15) is 0 Å². The number of methoxy groups -OCH3 is 4. The number of carbonyl (C=O) groups is 1. The maximum absolute atomic E-state index is 14.6. The fourth-order valence-corrected chi connectivity index (χ4v) is 3.72. The monoisotopic (exact) mass is 434 g/mol. The van der Waals surface area contributed by atoms with Crippen molar-refractivity contribution >= 4 is 28.6 Å². The number of hydrogen-bond donors (Lipinski definition) is 0. The number of thioether (sulfide) groups is 1. The number of fused-ring (bicyclic) bond motifs is 1. The van der Waals surface area contributed by atoms with E-state index in [1.807, 2.05) is 0 Å². The Hall–Kier alpha value is -3.27. The molecule has 0 radical (unpaired) electrons. The van der Waals surface area contributed by atoms with Crippen LogP contribution in [-0.4, -0.2) is 49.7 Å². The average Bonchev–Trinajstić information content (AvgIpc) is 2.76. The van der Waals surface area contributed by atoms with Crippen molar-refractivity contribution in [1.82, 2.24) is 9.55 Å². The Morgan fingerprint density at radius 1 is 1.10 bits per heavy atom. The first-order valence-electron chi connectivity index (χ1n) is 8.67. The minimum atomic E-state index is -0.617. The van der Waals surface area contributed by atoms with Gasteiger partial charge in [0.1, 0.15) is 11.3 Å². The van der Waals surface area contributed by atoms with E-state index in [1.165, 1.54) is 52.7 Å². The molecule has 0 aliphatic carbocycles. The number of aromatic nitrogens is 2. The van der Waals surface area contributed by atoms with Crippen molar-refractivity contribution < 1.29 is 28.1 Å². The van der Waals surface area contributed by atoms with Crippen molar-refractivity contribution in [2.75, 3.05) is 34.2 Å². The first kappa shape index (κ1) is 21.4. The third kappa shape index (κ3) is 3.78. The van der Waals surface area contributed by atoms with Crippen LogP contribution in [0.2, 0.25) is 0 Å². The molecule has 0 unspecified atom stereocenters. The number of carbonyl (C=O) groups excluding carboxylic acids is 1. The quantitative estimate of drug-likeness (QED) is 0.319. The maximum atomic E-state index is 14.6. The third-order valence-electron chi connectivity index (χ3n) is 4.28. The molecule has 2 aromatic carbocycles. The van der Waals surface area contributed by atoms with Crippen LogP contribution in [0, 0.1) is 5.82 Å². The van der Waals surface area contributed by atoms with Crippen molar-refractivity contribution in [3.05, 3.63) is 46.5 Å². The largest absolute Gasteiger partial charge is 0.493 e. The predicted octanol–water partition coefficient (Wildman–Crippen LogP) is 2.82. The minimum Gasteiger partial charge on any atom is -0.493 e. The van der Waals surface area contributed by atoms with Crippen molar-refractivity contribution in [3.63, 3.8) is 0 Å². The number of nitrogens with zero attached hydrogens (tertiary/aromatic N) is 2. The van der Waals surface area contributed by atoms with Crippen LogP contribution < -0.4 is 19.8 Å². The summed E-state index contributed by atoms with van der Waals surface area (Å²) in [5.74, 6) is -0.562. The number of halogens is 1. The molecule has 8 nitrogen and oxygen atoms in total. The van der Waals surface area contributed by atoms with E-state index >= 15 is 0 Å². The lowest BCUT2D eigenvalue weighted by Gasteiger charge is -2.17. The van der Waals surface area contributed by atoms with Gasteiger partial charge in [-0.15, -0.1) is 0 Å². The topological polar surface area (TPSA) is 88.9 Å². The molecule has 158 valence electrons. The van der Waals surface area contributed by atoms with Gasteiger partial charge in [0.15, 0.2) is 16.7 Å². The Labute approximate surface area is 175 Å². The van der Waals surface area contributed by atoms with Gasteiger partial charge in [0.05, 0.1) is 45.3 Å². The van der Waals surface area contributed by atoms with Crippen LogP contribution in [0.15, 0.2) is 40.3 Å². The van der Waals surface area contributed by atoms with Gasteiger partial charge in [-0.3, -0.25) is 14.2 Å². The summed E-state index contributed by atoms with van der Waals surface area (Å²) in [6.07, 6.45) is 0. The molecule has 0 saturated heterocycles. The summed E-state index contributed by atoms with van der Waals surface area (Å²) in [7, 11) is 5.51. The molecule has 0 saturated carbocycles. The molecule has 0 aliphatic rings. The SMILES string of the molecule is COC(=O)CSc1nc2c(OC)c(OC)c(OC)cc2c(=O)n1-c1ccccc1F. The van der Waals surface area contributed by atoms with E-state index in [2.05, 4.69) is 9.72 Å². The standard InChI is InChI=1S/C20H19FN2O6S/c1-26-14-9-11-16(18(29-4)17(14)28-3)22-20(30-10-15(24)27-2)23(19(11)25)13-8-6-5-7-12(13)21/h5-9H,10H2,1-4H3. The second-order valence-corrected chi connectivity index (χ2v) is 6.84. The molecular weight excluding hydrogens is 415 g/mol. The van der Waals surface area contributed by atoms with Gasteiger partial charge < -0.3 is 18.9 Å². The van der Waals surface area contributed by atoms with Crippen molar-refractivity contribution in [2.45, 2.75) is 5.16 Å². The van der Waals surface area contributed by atoms with Crippen LogP contribution in [0.25, 0.3) is 16.6 Å². The van der Waals surface area contributed by atoms with Crippen LogP contribution in [-0.2, 0) is 9.53 Å². The lowest BCUT2D eigenvalue weighted by Crippen LogP contribution is -2.23. The van der Waals surface area contributed by atoms with Crippen molar-refractivity contribution in [3.8, 4) is 22.9 Å². The van der Waals surface area contributed by atoms with Crippen LogP contribution >= 0.6 is 11.8 Å². The molecule has 0 spiro atoms. The zero-order chi connectivity index (χ0) is 21.8. The van der Waals surface area contributed by atoms with Crippen LogP contribution in [0.3, 0.4) is 0 Å². The van der Waals surface area contributed by atoms with Gasteiger partial charge in [-0.2, -0.15) is 0 Å². The summed E-state index contributed by atoms with van der Waals surface area (Å²) in [4.78, 5) is 29.6. The number of ether oxygens (including phenoxy) is 4. The Morgan fingerprint density at radius 2 is 1.80 bits per heavy atom. The van der Waals surface area contributed by atoms with E-state index in [0.29, 0.717) is 0 Å². The van der Waals surface area contributed by atoms with E-state index in [9.17, 15) is 14.0 Å². The fourth-order valence-electron chi connectivity index (χ4n) is 2.89. The second kappa shape index (κ2) is 9.04. The van der Waals surface area contributed by atoms with Gasteiger partial charge in [-0.1, -0.05) is 23.9 Å². The number of esters is 1. The number of benzene rings is 2. The average molecular weight is 434 g/mol. The number of hydrogen-bond acceptors (Lipinski definition) is 8. The zero-order valence-corrected chi connectivity index (χ0v) is 17.5. The van der Waals surface area contributed by atoms with E-state index < -0.39 is 17.3 Å². The highest BCUT2D eigenvalue weighted by molar-refractivity contribution is 7.99. The van der Waals surface area contributed by atoms with E-state index in [-0.39, 0.29) is 44.7 Å². The Morgan fingerprint density at radius 3 is 2.40 bits per heavy atom. The first-order valence-corrected chi connectivity index (χ1v) is 9.65. The third-order valence-corrected chi connectivity index (χ3v) is 5.19. The summed E-state index contributed by atoms with van der Waals surface area (Å²) in [6, 6.07) is 7.24. The highest BCUT2D eigenvalue weighted by Crippen LogP contribution is 2.42. The molecule has 1 aromatic heterocycles. The summed E-state index contributed by atoms with van der Waals surface area (Å²) >= 11 is 0.938. The first-order chi connectivity index (χ1) is 14.5. The van der Waals surface area contributed by atoms with E-state index in [1.54, 1.807) is 6.07 Å². The Kier molecular flexibility index (Phi) is 6.46. The molecule has 0 N–H and O–H groups in total. The number of rotatable bonds is 7. The van der Waals surface area contributed by atoms with Crippen LogP contribution in [0.4, 0.5) is 4.39 Å². The molecule has 3 aromatic rings. The molecule has 10 heteroatoms. The predicted molar refractivity (Wildman–Crippen MR) is 110 cm³/mol. The second-order valence-electron chi connectivity index (χ2n) is 5.89. The normalized spacial score (nSPS) is 10.7. The summed E-state index contributed by atoms with van der Waals surface area (Å²) in [5, 5.41) is 0.226. The molecular formula is C20H19FN2O6S. The molecule has 0 atom stereocenters. The highest BCUT2D eigenvalue weighted by atomic mass is 32.2. The molecule has 3 rings (SSSR count). The van der Waals surface area contributed by atoms with Gasteiger partial charge in [0, 0.05) is 0 Å². The van der Waals surface area contributed by atoms with Gasteiger partial charge in [0.2, 0.25) is 5.75 Å².